The minimum atomic E-state index is -0.295. The molecule has 0 spiro atoms. The van der Waals surface area contributed by atoms with Crippen LogP contribution in [-0.4, -0.2) is 15.7 Å². The molecule has 3 rings (SSSR count). The van der Waals surface area contributed by atoms with E-state index >= 15 is 0 Å². The highest BCUT2D eigenvalue weighted by atomic mass is 16.2. The van der Waals surface area contributed by atoms with E-state index in [1.54, 1.807) is 12.1 Å². The number of hydrogen-bond acceptors (Lipinski definition) is 3. The van der Waals surface area contributed by atoms with Crippen LogP contribution in [0.5, 0.6) is 0 Å². The van der Waals surface area contributed by atoms with E-state index in [-0.39, 0.29) is 17.2 Å². The molecule has 0 bridgehead atoms. The van der Waals surface area contributed by atoms with Crippen LogP contribution in [0.25, 0.3) is 10.8 Å². The highest BCUT2D eigenvalue weighted by molar-refractivity contribution is 6.11. The molecule has 5 nitrogen and oxygen atoms in total. The Hall–Kier alpha value is -2.95. The lowest BCUT2D eigenvalue weighted by Crippen LogP contribution is -2.28. The second-order valence-electron chi connectivity index (χ2n) is 6.59. The smallest absolute Gasteiger partial charge is 0.276 e. The largest absolute Gasteiger partial charge is 0.320 e. The van der Waals surface area contributed by atoms with Crippen molar-refractivity contribution in [1.29, 1.82) is 0 Å². The van der Waals surface area contributed by atoms with Crippen LogP contribution in [-0.2, 0) is 13.0 Å². The molecular formula is C22H25N3O2. The molecule has 0 aliphatic carbocycles. The maximum absolute atomic E-state index is 13.0. The van der Waals surface area contributed by atoms with Crippen molar-refractivity contribution in [3.63, 3.8) is 0 Å². The van der Waals surface area contributed by atoms with Gasteiger partial charge in [0.1, 0.15) is 0 Å². The summed E-state index contributed by atoms with van der Waals surface area (Å²) in [6, 6.07) is 14.9. The number of para-hydroxylation sites is 1. The molecule has 1 heterocycles. The van der Waals surface area contributed by atoms with Crippen LogP contribution in [0.1, 0.15) is 49.2 Å². The molecule has 27 heavy (non-hydrogen) atoms. The Bertz CT molecular complexity index is 1010. The Balaban J connectivity index is 2.02. The molecule has 3 aromatic rings. The number of carbonyl (C=O) groups excluding carboxylic acids is 1. The van der Waals surface area contributed by atoms with Gasteiger partial charge < -0.3 is 5.32 Å². The Morgan fingerprint density at radius 3 is 2.44 bits per heavy atom. The second kappa shape index (κ2) is 8.62. The predicted molar refractivity (Wildman–Crippen MR) is 109 cm³/mol. The summed E-state index contributed by atoms with van der Waals surface area (Å²) in [6.07, 6.45) is 3.76. The summed E-state index contributed by atoms with van der Waals surface area (Å²) in [5, 5.41) is 8.49. The van der Waals surface area contributed by atoms with Crippen LogP contribution in [0.3, 0.4) is 0 Å². The molecule has 1 aromatic heterocycles. The first kappa shape index (κ1) is 18.8. The molecule has 0 radical (unpaired) electrons. The van der Waals surface area contributed by atoms with Crippen LogP contribution >= 0.6 is 0 Å². The number of hydrogen-bond donors (Lipinski definition) is 1. The summed E-state index contributed by atoms with van der Waals surface area (Å²) in [4.78, 5) is 25.7. The maximum atomic E-state index is 13.0. The quantitative estimate of drug-likeness (QED) is 0.633. The van der Waals surface area contributed by atoms with Gasteiger partial charge >= 0.3 is 0 Å². The summed E-state index contributed by atoms with van der Waals surface area (Å²) < 4.78 is 1.43. The average Bonchev–Trinajstić information content (AvgIpc) is 2.70. The van der Waals surface area contributed by atoms with Crippen LogP contribution in [0.2, 0.25) is 0 Å². The van der Waals surface area contributed by atoms with Crippen molar-refractivity contribution in [2.24, 2.45) is 0 Å². The fourth-order valence-electron chi connectivity index (χ4n) is 3.20. The summed E-state index contributed by atoms with van der Waals surface area (Å²) >= 11 is 0. The minimum Gasteiger partial charge on any atom is -0.320 e. The van der Waals surface area contributed by atoms with E-state index in [1.807, 2.05) is 43.3 Å². The third-order valence-corrected chi connectivity index (χ3v) is 4.70. The Morgan fingerprint density at radius 1 is 1.00 bits per heavy atom. The van der Waals surface area contributed by atoms with Gasteiger partial charge in [-0.3, -0.25) is 9.59 Å². The number of benzene rings is 2. The van der Waals surface area contributed by atoms with Crippen molar-refractivity contribution in [1.82, 2.24) is 9.78 Å². The zero-order valence-electron chi connectivity index (χ0n) is 15.9. The normalized spacial score (nSPS) is 10.9. The zero-order chi connectivity index (χ0) is 19.2. The summed E-state index contributed by atoms with van der Waals surface area (Å²) in [7, 11) is 0. The number of nitrogens with one attached hydrogen (secondary N) is 1. The van der Waals surface area contributed by atoms with Crippen molar-refractivity contribution >= 4 is 22.4 Å². The predicted octanol–water partition coefficient (Wildman–Crippen LogP) is 4.40. The van der Waals surface area contributed by atoms with Gasteiger partial charge in [0.25, 0.3) is 11.5 Å². The monoisotopic (exact) mass is 363 g/mol. The molecule has 0 unspecified atom stereocenters. The van der Waals surface area contributed by atoms with Gasteiger partial charge in [0, 0.05) is 17.6 Å². The standard InChI is InChI=1S/C22H25N3O2/c1-3-5-10-15-25-22(27)18-13-8-7-12-17(18)20(24-25)21(26)23-19-14-9-6-11-16(19)4-2/h6-9,11-14H,3-5,10,15H2,1-2H3,(H,23,26). The van der Waals surface area contributed by atoms with E-state index in [2.05, 4.69) is 17.3 Å². The lowest BCUT2D eigenvalue weighted by Gasteiger charge is -2.13. The zero-order valence-corrected chi connectivity index (χ0v) is 15.9. The Labute approximate surface area is 159 Å². The lowest BCUT2D eigenvalue weighted by molar-refractivity contribution is 0.102. The summed E-state index contributed by atoms with van der Waals surface area (Å²) in [5.41, 5.74) is 1.98. The Kier molecular flexibility index (Phi) is 6.01. The molecule has 0 saturated carbocycles. The molecular weight excluding hydrogens is 338 g/mol. The Morgan fingerprint density at radius 2 is 1.70 bits per heavy atom. The third kappa shape index (κ3) is 4.08. The van der Waals surface area contributed by atoms with Gasteiger partial charge in [0.05, 0.1) is 5.39 Å². The fraction of sp³-hybridized carbons (Fsp3) is 0.318. The average molecular weight is 363 g/mol. The molecule has 140 valence electrons. The van der Waals surface area contributed by atoms with Gasteiger partial charge in [-0.05, 0) is 30.5 Å². The first-order chi connectivity index (χ1) is 13.2. The number of nitrogens with zero attached hydrogens (tertiary/aromatic N) is 2. The number of aromatic nitrogens is 2. The van der Waals surface area contributed by atoms with Crippen LogP contribution in [0.4, 0.5) is 5.69 Å². The number of carbonyl (C=O) groups is 1. The van der Waals surface area contributed by atoms with E-state index < -0.39 is 0 Å². The molecule has 0 aliphatic heterocycles. The number of rotatable bonds is 7. The fourth-order valence-corrected chi connectivity index (χ4v) is 3.20. The van der Waals surface area contributed by atoms with Crippen LogP contribution in [0, 0.1) is 0 Å². The van der Waals surface area contributed by atoms with Gasteiger partial charge in [-0.25, -0.2) is 4.68 Å². The van der Waals surface area contributed by atoms with Crippen LogP contribution in [0.15, 0.2) is 53.3 Å². The number of aryl methyl sites for hydroxylation is 2. The van der Waals surface area contributed by atoms with Crippen molar-refractivity contribution in [3.8, 4) is 0 Å². The molecule has 5 heteroatoms. The van der Waals surface area contributed by atoms with E-state index in [0.717, 1.165) is 36.9 Å². The first-order valence-electron chi connectivity index (χ1n) is 9.54. The van der Waals surface area contributed by atoms with E-state index in [1.165, 1.54) is 4.68 Å². The molecule has 0 saturated heterocycles. The van der Waals surface area contributed by atoms with Crippen molar-refractivity contribution in [2.75, 3.05) is 5.32 Å². The van der Waals surface area contributed by atoms with Crippen molar-refractivity contribution in [2.45, 2.75) is 46.1 Å². The number of unbranched alkanes of at least 4 members (excludes halogenated alkanes) is 2. The van der Waals surface area contributed by atoms with Crippen molar-refractivity contribution in [3.05, 3.63) is 70.1 Å². The maximum Gasteiger partial charge on any atom is 0.276 e. The number of fused-ring (bicyclic) bond motifs is 1. The van der Waals surface area contributed by atoms with Gasteiger partial charge in [-0.15, -0.1) is 0 Å². The lowest BCUT2D eigenvalue weighted by atomic mass is 10.1. The highest BCUT2D eigenvalue weighted by Gasteiger charge is 2.17. The van der Waals surface area contributed by atoms with Gasteiger partial charge in [-0.1, -0.05) is 63.1 Å². The molecule has 0 fully saturated rings. The van der Waals surface area contributed by atoms with E-state index in [4.69, 9.17) is 0 Å². The third-order valence-electron chi connectivity index (χ3n) is 4.70. The first-order valence-corrected chi connectivity index (χ1v) is 9.54. The highest BCUT2D eigenvalue weighted by Crippen LogP contribution is 2.19. The van der Waals surface area contributed by atoms with Gasteiger partial charge in [-0.2, -0.15) is 5.10 Å². The SMILES string of the molecule is CCCCCn1nc(C(=O)Nc2ccccc2CC)c2ccccc2c1=O. The van der Waals surface area contributed by atoms with Crippen LogP contribution < -0.4 is 10.9 Å². The van der Waals surface area contributed by atoms with E-state index in [0.29, 0.717) is 17.3 Å². The molecule has 1 amide bonds. The topological polar surface area (TPSA) is 64.0 Å². The van der Waals surface area contributed by atoms with Gasteiger partial charge in [0.2, 0.25) is 0 Å². The molecule has 0 aliphatic rings. The molecule has 1 N–H and O–H groups in total. The van der Waals surface area contributed by atoms with Gasteiger partial charge in [0.15, 0.2) is 5.69 Å². The summed E-state index contributed by atoms with van der Waals surface area (Å²) in [5.74, 6) is -0.295. The summed E-state index contributed by atoms with van der Waals surface area (Å²) in [6.45, 7) is 4.68. The molecule has 0 atom stereocenters. The molecule has 2 aromatic carbocycles. The number of anilines is 1. The number of amides is 1. The van der Waals surface area contributed by atoms with Crippen molar-refractivity contribution < 1.29 is 4.79 Å². The van der Waals surface area contributed by atoms with E-state index in [9.17, 15) is 9.59 Å². The second-order valence-corrected chi connectivity index (χ2v) is 6.59. The minimum absolute atomic E-state index is 0.146.